The number of nitrogens with one attached hydrogen (secondary N) is 1. The minimum absolute atomic E-state index is 0.160. The van der Waals surface area contributed by atoms with Crippen molar-refractivity contribution >= 4 is 5.71 Å². The van der Waals surface area contributed by atoms with Crippen molar-refractivity contribution in [2.45, 2.75) is 18.9 Å². The maximum absolute atomic E-state index is 9.16. The quantitative estimate of drug-likeness (QED) is 0.866. The molecule has 2 atom stereocenters. The maximum atomic E-state index is 9.16. The van der Waals surface area contributed by atoms with Gasteiger partial charge in [0.25, 0.3) is 0 Å². The highest BCUT2D eigenvalue weighted by Gasteiger charge is 2.39. The van der Waals surface area contributed by atoms with E-state index in [9.17, 15) is 0 Å². The van der Waals surface area contributed by atoms with Crippen molar-refractivity contribution in [3.8, 4) is 23.3 Å². The largest absolute Gasteiger partial charge is 0.493 e. The highest BCUT2D eigenvalue weighted by molar-refractivity contribution is 6.05. The van der Waals surface area contributed by atoms with Crippen molar-refractivity contribution in [1.82, 2.24) is 0 Å². The SMILES string of the molecule is COc1cc2c(cc1OC)OC1CC(N)=C(C#N)C(=N)C1C2. The van der Waals surface area contributed by atoms with Crippen LogP contribution in [0.1, 0.15) is 12.0 Å². The van der Waals surface area contributed by atoms with E-state index in [1.54, 1.807) is 20.3 Å². The van der Waals surface area contributed by atoms with Crippen molar-refractivity contribution in [3.63, 3.8) is 0 Å². The molecule has 2 unspecified atom stereocenters. The molecule has 3 N–H and O–H groups in total. The van der Waals surface area contributed by atoms with Gasteiger partial charge in [-0.1, -0.05) is 0 Å². The molecule has 0 saturated carbocycles. The predicted octanol–water partition coefficient (Wildman–Crippen LogP) is 1.78. The number of hydrogen-bond acceptors (Lipinski definition) is 6. The van der Waals surface area contributed by atoms with Gasteiger partial charge in [-0.3, -0.25) is 0 Å². The van der Waals surface area contributed by atoms with Crippen LogP contribution in [0.15, 0.2) is 23.4 Å². The Hall–Kier alpha value is -2.68. The predicted molar refractivity (Wildman–Crippen MR) is 80.3 cm³/mol. The van der Waals surface area contributed by atoms with E-state index in [1.165, 1.54) is 0 Å². The number of nitrogens with zero attached hydrogens (tertiary/aromatic N) is 1. The lowest BCUT2D eigenvalue weighted by atomic mass is 9.78. The van der Waals surface area contributed by atoms with Crippen LogP contribution in [0.2, 0.25) is 0 Å². The topological polar surface area (TPSA) is 101 Å². The average Bonchev–Trinajstić information content (AvgIpc) is 2.52. The summed E-state index contributed by atoms with van der Waals surface area (Å²) in [6, 6.07) is 5.70. The van der Waals surface area contributed by atoms with Crippen LogP contribution < -0.4 is 19.9 Å². The smallest absolute Gasteiger partial charge is 0.164 e. The number of methoxy groups -OCH3 is 2. The fourth-order valence-corrected chi connectivity index (χ4v) is 3.07. The molecule has 22 heavy (non-hydrogen) atoms. The first-order chi connectivity index (χ1) is 10.6. The third kappa shape index (κ3) is 2.06. The van der Waals surface area contributed by atoms with Crippen LogP contribution in [0.5, 0.6) is 17.2 Å². The standard InChI is InChI=1S/C16H17N3O3/c1-20-14-4-8-3-9-13(22-12(8)6-15(14)21-2)5-11(18)10(7-17)16(9)19/h4,6,9,13,19H,3,5,18H2,1-2H3. The molecule has 1 aromatic carbocycles. The Morgan fingerprint density at radius 2 is 1.95 bits per heavy atom. The third-order valence-corrected chi connectivity index (χ3v) is 4.23. The molecule has 1 aliphatic heterocycles. The van der Waals surface area contributed by atoms with Crippen LogP contribution in [0, 0.1) is 22.7 Å². The van der Waals surface area contributed by atoms with Crippen LogP contribution in [-0.4, -0.2) is 26.0 Å². The van der Waals surface area contributed by atoms with Crippen LogP contribution in [-0.2, 0) is 6.42 Å². The first-order valence-electron chi connectivity index (χ1n) is 6.98. The van der Waals surface area contributed by atoms with Gasteiger partial charge >= 0.3 is 0 Å². The summed E-state index contributed by atoms with van der Waals surface area (Å²) in [5.41, 5.74) is 7.82. The lowest BCUT2D eigenvalue weighted by Gasteiger charge is -2.37. The number of fused-ring (bicyclic) bond motifs is 2. The number of ether oxygens (including phenoxy) is 3. The first-order valence-corrected chi connectivity index (χ1v) is 6.98. The molecule has 3 rings (SSSR count). The molecule has 1 aromatic rings. The molecule has 114 valence electrons. The van der Waals surface area contributed by atoms with E-state index in [-0.39, 0.29) is 23.3 Å². The van der Waals surface area contributed by atoms with Crippen molar-refractivity contribution < 1.29 is 14.2 Å². The van der Waals surface area contributed by atoms with Crippen LogP contribution >= 0.6 is 0 Å². The van der Waals surface area contributed by atoms with Crippen LogP contribution in [0.3, 0.4) is 0 Å². The molecular weight excluding hydrogens is 282 g/mol. The van der Waals surface area contributed by atoms with E-state index < -0.39 is 0 Å². The molecule has 0 radical (unpaired) electrons. The summed E-state index contributed by atoms with van der Waals surface area (Å²) in [7, 11) is 3.16. The van der Waals surface area contributed by atoms with Gasteiger partial charge in [0.05, 0.1) is 25.5 Å². The second-order valence-electron chi connectivity index (χ2n) is 5.41. The average molecular weight is 299 g/mol. The van der Waals surface area contributed by atoms with Gasteiger partial charge < -0.3 is 25.4 Å². The molecule has 2 aliphatic rings. The summed E-state index contributed by atoms with van der Waals surface area (Å²) >= 11 is 0. The number of hydrogen-bond donors (Lipinski definition) is 2. The van der Waals surface area contributed by atoms with E-state index in [4.69, 9.17) is 30.6 Å². The number of rotatable bonds is 2. The molecule has 0 aromatic heterocycles. The Labute approximate surface area is 128 Å². The highest BCUT2D eigenvalue weighted by Crippen LogP contribution is 2.42. The summed E-state index contributed by atoms with van der Waals surface area (Å²) in [6.45, 7) is 0. The van der Waals surface area contributed by atoms with Gasteiger partial charge in [-0.25, -0.2) is 0 Å². The van der Waals surface area contributed by atoms with E-state index >= 15 is 0 Å². The molecule has 1 aliphatic carbocycles. The minimum atomic E-state index is -0.213. The van der Waals surface area contributed by atoms with Gasteiger partial charge in [-0.05, 0) is 18.1 Å². The van der Waals surface area contributed by atoms with Gasteiger partial charge in [0.1, 0.15) is 17.9 Å². The van der Waals surface area contributed by atoms with Crippen molar-refractivity contribution in [3.05, 3.63) is 29.0 Å². The Morgan fingerprint density at radius 1 is 1.27 bits per heavy atom. The second-order valence-corrected chi connectivity index (χ2v) is 5.41. The van der Waals surface area contributed by atoms with E-state index in [0.717, 1.165) is 11.3 Å². The van der Waals surface area contributed by atoms with Gasteiger partial charge in [0.2, 0.25) is 0 Å². The number of allylic oxidation sites excluding steroid dienone is 1. The van der Waals surface area contributed by atoms with Crippen LogP contribution in [0.25, 0.3) is 0 Å². The van der Waals surface area contributed by atoms with Gasteiger partial charge in [-0.2, -0.15) is 5.26 Å². The van der Waals surface area contributed by atoms with Gasteiger partial charge in [-0.15, -0.1) is 0 Å². The van der Waals surface area contributed by atoms with Crippen molar-refractivity contribution in [2.24, 2.45) is 11.7 Å². The van der Waals surface area contributed by atoms with Crippen molar-refractivity contribution in [1.29, 1.82) is 10.7 Å². The number of nitrogens with two attached hydrogens (primary N) is 1. The van der Waals surface area contributed by atoms with E-state index in [2.05, 4.69) is 0 Å². The molecule has 1 heterocycles. The number of nitriles is 1. The molecule has 0 fully saturated rings. The lowest BCUT2D eigenvalue weighted by molar-refractivity contribution is 0.140. The Morgan fingerprint density at radius 3 is 2.59 bits per heavy atom. The fourth-order valence-electron chi connectivity index (χ4n) is 3.07. The first kappa shape index (κ1) is 14.3. The molecule has 0 amide bonds. The minimum Gasteiger partial charge on any atom is -0.493 e. The molecule has 0 spiro atoms. The summed E-state index contributed by atoms with van der Waals surface area (Å²) in [5, 5.41) is 17.4. The number of benzene rings is 1. The van der Waals surface area contributed by atoms with Crippen molar-refractivity contribution in [2.75, 3.05) is 14.2 Å². The Balaban J connectivity index is 2.00. The van der Waals surface area contributed by atoms with Crippen LogP contribution in [0.4, 0.5) is 0 Å². The molecule has 6 nitrogen and oxygen atoms in total. The second kappa shape index (κ2) is 5.26. The monoisotopic (exact) mass is 299 g/mol. The fraction of sp³-hybridized carbons (Fsp3) is 0.375. The summed E-state index contributed by atoms with van der Waals surface area (Å²) in [5.74, 6) is 1.79. The molecule has 6 heteroatoms. The van der Waals surface area contributed by atoms with Gasteiger partial charge in [0, 0.05) is 24.1 Å². The summed E-state index contributed by atoms with van der Waals surface area (Å²) in [6.07, 6.45) is 0.872. The van der Waals surface area contributed by atoms with Gasteiger partial charge in [0.15, 0.2) is 11.5 Å². The maximum Gasteiger partial charge on any atom is 0.164 e. The zero-order chi connectivity index (χ0) is 15.9. The highest BCUT2D eigenvalue weighted by atomic mass is 16.5. The normalized spacial score (nSPS) is 23.0. The van der Waals surface area contributed by atoms with E-state index in [1.807, 2.05) is 12.1 Å². The Kier molecular flexibility index (Phi) is 3.41. The zero-order valence-corrected chi connectivity index (χ0v) is 12.5. The summed E-state index contributed by atoms with van der Waals surface area (Å²) in [4.78, 5) is 0. The Bertz CT molecular complexity index is 718. The molecular formula is C16H17N3O3. The summed E-state index contributed by atoms with van der Waals surface area (Å²) < 4.78 is 16.6. The van der Waals surface area contributed by atoms with E-state index in [0.29, 0.717) is 30.0 Å². The molecule has 0 bridgehead atoms. The third-order valence-electron chi connectivity index (χ3n) is 4.23. The lowest BCUT2D eigenvalue weighted by Crippen LogP contribution is -2.43. The molecule has 0 saturated heterocycles. The zero-order valence-electron chi connectivity index (χ0n) is 12.5.